The molecule has 1 aliphatic rings. The summed E-state index contributed by atoms with van der Waals surface area (Å²) in [5, 5.41) is 18.2. The fraction of sp³-hybridized carbons (Fsp3) is 0.0667. The van der Waals surface area contributed by atoms with E-state index >= 15 is 0 Å². The van der Waals surface area contributed by atoms with Gasteiger partial charge in [0.2, 0.25) is 5.90 Å². The average molecular weight is 280 g/mol. The van der Waals surface area contributed by atoms with Gasteiger partial charge in [-0.2, -0.15) is 5.26 Å². The minimum Gasteiger partial charge on any atom is -0.439 e. The van der Waals surface area contributed by atoms with Gasteiger partial charge in [0.05, 0.1) is 12.7 Å². The van der Waals surface area contributed by atoms with E-state index in [1.165, 1.54) is 18.4 Å². The van der Waals surface area contributed by atoms with Crippen LogP contribution in [-0.2, 0) is 11.3 Å². The normalized spacial score (nSPS) is 13.9. The van der Waals surface area contributed by atoms with Gasteiger partial charge < -0.3 is 14.4 Å². The summed E-state index contributed by atoms with van der Waals surface area (Å²) >= 11 is 0. The SMILES string of the molecule is C=C/N=C(\C=C/C(=C)C#N)Oc1ccc2c(c1)COB2O. The molecule has 0 unspecified atom stereocenters. The molecule has 0 aromatic heterocycles. The van der Waals surface area contributed by atoms with Crippen LogP contribution in [0.5, 0.6) is 5.75 Å². The fourth-order valence-electron chi connectivity index (χ4n) is 1.79. The number of benzene rings is 1. The molecule has 1 aromatic carbocycles. The molecule has 0 saturated heterocycles. The zero-order valence-corrected chi connectivity index (χ0v) is 11.3. The molecule has 1 heterocycles. The molecule has 2 rings (SSSR count). The Hall–Kier alpha value is -2.62. The molecule has 0 amide bonds. The van der Waals surface area contributed by atoms with Gasteiger partial charge in [0.15, 0.2) is 0 Å². The summed E-state index contributed by atoms with van der Waals surface area (Å²) in [6, 6.07) is 7.13. The highest BCUT2D eigenvalue weighted by Gasteiger charge is 2.27. The predicted octanol–water partition coefficient (Wildman–Crippen LogP) is 1.46. The number of fused-ring (bicyclic) bond motifs is 1. The van der Waals surface area contributed by atoms with Crippen LogP contribution < -0.4 is 10.2 Å². The smallest absolute Gasteiger partial charge is 0.439 e. The van der Waals surface area contributed by atoms with Crippen molar-refractivity contribution >= 4 is 18.5 Å². The molecule has 21 heavy (non-hydrogen) atoms. The Morgan fingerprint density at radius 3 is 3.05 bits per heavy atom. The molecule has 5 nitrogen and oxygen atoms in total. The summed E-state index contributed by atoms with van der Waals surface area (Å²) in [7, 11) is -0.880. The van der Waals surface area contributed by atoms with Crippen molar-refractivity contribution < 1.29 is 14.4 Å². The van der Waals surface area contributed by atoms with Crippen molar-refractivity contribution in [2.24, 2.45) is 4.99 Å². The number of nitriles is 1. The van der Waals surface area contributed by atoms with Gasteiger partial charge in [-0.3, -0.25) is 0 Å². The summed E-state index contributed by atoms with van der Waals surface area (Å²) in [6.07, 6.45) is 4.38. The van der Waals surface area contributed by atoms with Gasteiger partial charge in [-0.1, -0.05) is 19.2 Å². The molecule has 0 fully saturated rings. The van der Waals surface area contributed by atoms with Crippen LogP contribution in [0, 0.1) is 11.3 Å². The largest absolute Gasteiger partial charge is 0.491 e. The van der Waals surface area contributed by atoms with E-state index in [-0.39, 0.29) is 5.90 Å². The Balaban J connectivity index is 2.17. The minimum atomic E-state index is -0.880. The lowest BCUT2D eigenvalue weighted by Crippen LogP contribution is -2.27. The average Bonchev–Trinajstić information content (AvgIpc) is 2.85. The minimum absolute atomic E-state index is 0.279. The zero-order valence-electron chi connectivity index (χ0n) is 11.3. The van der Waals surface area contributed by atoms with E-state index in [9.17, 15) is 5.02 Å². The quantitative estimate of drug-likeness (QED) is 0.298. The third-order valence-electron chi connectivity index (χ3n) is 2.79. The number of ether oxygens (including phenoxy) is 1. The molecule has 6 heteroatoms. The van der Waals surface area contributed by atoms with Crippen LogP contribution in [0.25, 0.3) is 0 Å². The Morgan fingerprint density at radius 2 is 2.33 bits per heavy atom. The lowest BCUT2D eigenvalue weighted by molar-refractivity contribution is 0.275. The third-order valence-corrected chi connectivity index (χ3v) is 2.79. The summed E-state index contributed by atoms with van der Waals surface area (Å²) in [6.45, 7) is 7.39. The van der Waals surface area contributed by atoms with Crippen LogP contribution in [0.2, 0.25) is 0 Å². The number of aliphatic imine (C=N–C) groups is 1. The monoisotopic (exact) mass is 280 g/mol. The molecule has 0 bridgehead atoms. The van der Waals surface area contributed by atoms with Gasteiger partial charge >= 0.3 is 7.12 Å². The highest BCUT2D eigenvalue weighted by molar-refractivity contribution is 6.61. The lowest BCUT2D eigenvalue weighted by Gasteiger charge is -2.06. The summed E-state index contributed by atoms with van der Waals surface area (Å²) in [5.74, 6) is 0.833. The van der Waals surface area contributed by atoms with Crippen LogP contribution >= 0.6 is 0 Å². The predicted molar refractivity (Wildman–Crippen MR) is 81.0 cm³/mol. The Morgan fingerprint density at radius 1 is 1.52 bits per heavy atom. The van der Waals surface area contributed by atoms with E-state index in [2.05, 4.69) is 18.2 Å². The fourth-order valence-corrected chi connectivity index (χ4v) is 1.79. The first kappa shape index (κ1) is 14.8. The summed E-state index contributed by atoms with van der Waals surface area (Å²) in [5.41, 5.74) is 1.89. The molecule has 1 N–H and O–H groups in total. The maximum absolute atomic E-state index is 9.56. The van der Waals surface area contributed by atoms with Gasteiger partial charge in [0, 0.05) is 17.8 Å². The van der Waals surface area contributed by atoms with E-state index in [4.69, 9.17) is 14.7 Å². The van der Waals surface area contributed by atoms with Gasteiger partial charge in [-0.05, 0) is 29.2 Å². The molecular formula is C15H13BN2O3. The number of allylic oxidation sites excluding steroid dienone is 2. The number of nitrogens with zero attached hydrogens (tertiary/aromatic N) is 2. The number of hydrogen-bond donors (Lipinski definition) is 1. The summed E-state index contributed by atoms with van der Waals surface area (Å²) in [4.78, 5) is 3.97. The Bertz CT molecular complexity index is 674. The molecule has 0 saturated carbocycles. The first-order valence-corrected chi connectivity index (χ1v) is 6.20. The van der Waals surface area contributed by atoms with Crippen LogP contribution in [0.15, 0.2) is 60.3 Å². The van der Waals surface area contributed by atoms with E-state index in [0.29, 0.717) is 17.9 Å². The second kappa shape index (κ2) is 6.70. The van der Waals surface area contributed by atoms with E-state index in [1.54, 1.807) is 18.2 Å². The molecule has 1 aliphatic heterocycles. The second-order valence-corrected chi connectivity index (χ2v) is 4.25. The van der Waals surface area contributed by atoms with Gasteiger partial charge in [0.25, 0.3) is 0 Å². The topological polar surface area (TPSA) is 74.8 Å². The molecule has 0 radical (unpaired) electrons. The van der Waals surface area contributed by atoms with Gasteiger partial charge in [0.1, 0.15) is 5.75 Å². The first-order valence-electron chi connectivity index (χ1n) is 6.20. The van der Waals surface area contributed by atoms with Crippen molar-refractivity contribution in [2.45, 2.75) is 6.61 Å². The maximum Gasteiger partial charge on any atom is 0.491 e. The van der Waals surface area contributed by atoms with Gasteiger partial charge in [-0.25, -0.2) is 4.99 Å². The second-order valence-electron chi connectivity index (χ2n) is 4.25. The number of hydrogen-bond acceptors (Lipinski definition) is 5. The lowest BCUT2D eigenvalue weighted by atomic mass is 9.80. The van der Waals surface area contributed by atoms with Crippen molar-refractivity contribution in [2.75, 3.05) is 0 Å². The van der Waals surface area contributed by atoms with E-state index in [1.807, 2.05) is 6.07 Å². The Kier molecular flexibility index (Phi) is 4.72. The summed E-state index contributed by atoms with van der Waals surface area (Å²) < 4.78 is 10.7. The molecule has 1 aromatic rings. The van der Waals surface area contributed by atoms with Crippen molar-refractivity contribution in [3.8, 4) is 11.8 Å². The van der Waals surface area contributed by atoms with Crippen molar-refractivity contribution in [1.29, 1.82) is 5.26 Å². The molecule has 104 valence electrons. The van der Waals surface area contributed by atoms with Crippen LogP contribution in [-0.4, -0.2) is 18.0 Å². The van der Waals surface area contributed by atoms with E-state index < -0.39 is 7.12 Å². The van der Waals surface area contributed by atoms with E-state index in [0.717, 1.165) is 11.0 Å². The first-order chi connectivity index (χ1) is 10.1. The molecule has 0 spiro atoms. The van der Waals surface area contributed by atoms with Crippen molar-refractivity contribution in [3.63, 3.8) is 0 Å². The van der Waals surface area contributed by atoms with Crippen molar-refractivity contribution in [3.05, 3.63) is 60.8 Å². The molecule has 0 aliphatic carbocycles. The zero-order chi connectivity index (χ0) is 15.2. The highest BCUT2D eigenvalue weighted by atomic mass is 16.5. The standard InChI is InChI=1S/C15H13BN2O3/c1-3-18-15(7-4-11(2)9-17)21-13-5-6-14-12(8-13)10-20-16(14)19/h3-8,19H,1-2,10H2/b7-4-,18-15+. The highest BCUT2D eigenvalue weighted by Crippen LogP contribution is 2.17. The molecular weight excluding hydrogens is 267 g/mol. The van der Waals surface area contributed by atoms with Gasteiger partial charge in [-0.15, -0.1) is 0 Å². The Labute approximate surface area is 123 Å². The van der Waals surface area contributed by atoms with Crippen LogP contribution in [0.1, 0.15) is 5.56 Å². The third kappa shape index (κ3) is 3.69. The molecule has 0 atom stereocenters. The van der Waals surface area contributed by atoms with Crippen molar-refractivity contribution in [1.82, 2.24) is 0 Å². The van der Waals surface area contributed by atoms with Crippen LogP contribution in [0.4, 0.5) is 0 Å². The maximum atomic E-state index is 9.56. The number of rotatable bonds is 4. The van der Waals surface area contributed by atoms with Crippen LogP contribution in [0.3, 0.4) is 0 Å².